The fourth-order valence-electron chi connectivity index (χ4n) is 3.28. The number of imidazole rings is 1. The van der Waals surface area contributed by atoms with Crippen LogP contribution in [0.4, 0.5) is 5.69 Å². The Labute approximate surface area is 178 Å². The fourth-order valence-corrected chi connectivity index (χ4v) is 3.57. The molecule has 0 aliphatic heterocycles. The molecule has 154 valence electrons. The molecule has 0 atom stereocenters. The van der Waals surface area contributed by atoms with Gasteiger partial charge in [-0.05, 0) is 53.9 Å². The number of rotatable bonds is 7. The van der Waals surface area contributed by atoms with E-state index < -0.39 is 0 Å². The van der Waals surface area contributed by atoms with Gasteiger partial charge in [-0.3, -0.25) is 0 Å². The maximum atomic E-state index is 11.4. The molecule has 0 aliphatic rings. The van der Waals surface area contributed by atoms with Gasteiger partial charge in [0.25, 0.3) is 0 Å². The van der Waals surface area contributed by atoms with Crippen LogP contribution in [0.25, 0.3) is 11.0 Å². The molecule has 0 spiro atoms. The first-order valence-corrected chi connectivity index (χ1v) is 9.91. The van der Waals surface area contributed by atoms with Gasteiger partial charge in [-0.25, -0.2) is 4.79 Å². The Kier molecular flexibility index (Phi) is 5.68. The topological polar surface area (TPSA) is 79.1 Å². The smallest absolute Gasteiger partial charge is 0.323 e. The van der Waals surface area contributed by atoms with Crippen LogP contribution in [0, 0.1) is 6.92 Å². The van der Waals surface area contributed by atoms with Crippen molar-refractivity contribution in [2.75, 3.05) is 12.4 Å². The lowest BCUT2D eigenvalue weighted by molar-refractivity contribution is 0.284. The highest BCUT2D eigenvalue weighted by molar-refractivity contribution is 6.32. The van der Waals surface area contributed by atoms with Crippen LogP contribution in [0.1, 0.15) is 16.7 Å². The minimum Gasteiger partial charge on any atom is -0.493 e. The predicted octanol–water partition coefficient (Wildman–Crippen LogP) is 5.02. The van der Waals surface area contributed by atoms with E-state index in [4.69, 9.17) is 21.1 Å². The number of aryl methyl sites for hydroxylation is 1. The standard InChI is InChI=1S/C23H22ClN3O3/c1-14-5-3-4-6-16(14)13-30-22-18(24)9-15(10-21(22)29-2)12-25-17-7-8-19-20(11-17)27-23(28)26-19/h3-11,25H,12-13H2,1-2H3,(H2,26,27,28). The van der Waals surface area contributed by atoms with Gasteiger partial charge in [-0.1, -0.05) is 35.9 Å². The number of H-pyrrole nitrogens is 2. The summed E-state index contributed by atoms with van der Waals surface area (Å²) in [6.45, 7) is 3.00. The largest absolute Gasteiger partial charge is 0.493 e. The summed E-state index contributed by atoms with van der Waals surface area (Å²) >= 11 is 6.51. The number of methoxy groups -OCH3 is 1. The van der Waals surface area contributed by atoms with Crippen LogP contribution in [0.15, 0.2) is 59.4 Å². The number of aromatic amines is 2. The first-order chi connectivity index (χ1) is 14.5. The van der Waals surface area contributed by atoms with Crippen LogP contribution in [0.2, 0.25) is 5.02 Å². The summed E-state index contributed by atoms with van der Waals surface area (Å²) in [4.78, 5) is 16.9. The van der Waals surface area contributed by atoms with Crippen LogP contribution in [0.5, 0.6) is 11.5 Å². The molecule has 4 rings (SSSR count). The fraction of sp³-hybridized carbons (Fsp3) is 0.174. The molecule has 7 heteroatoms. The average molecular weight is 424 g/mol. The highest BCUT2D eigenvalue weighted by Crippen LogP contribution is 2.37. The van der Waals surface area contributed by atoms with E-state index in [9.17, 15) is 4.79 Å². The van der Waals surface area contributed by atoms with Gasteiger partial charge in [0.2, 0.25) is 0 Å². The van der Waals surface area contributed by atoms with E-state index in [-0.39, 0.29) is 5.69 Å². The summed E-state index contributed by atoms with van der Waals surface area (Å²) < 4.78 is 11.5. The van der Waals surface area contributed by atoms with Crippen molar-refractivity contribution in [1.29, 1.82) is 0 Å². The van der Waals surface area contributed by atoms with Crippen molar-refractivity contribution >= 4 is 28.3 Å². The van der Waals surface area contributed by atoms with Gasteiger partial charge < -0.3 is 24.8 Å². The molecule has 6 nitrogen and oxygen atoms in total. The zero-order chi connectivity index (χ0) is 21.1. The van der Waals surface area contributed by atoms with Crippen LogP contribution in [-0.2, 0) is 13.2 Å². The van der Waals surface area contributed by atoms with Gasteiger partial charge in [-0.2, -0.15) is 0 Å². The molecule has 1 aromatic heterocycles. The van der Waals surface area contributed by atoms with Crippen LogP contribution >= 0.6 is 11.6 Å². The number of ether oxygens (including phenoxy) is 2. The Morgan fingerprint density at radius 1 is 1.03 bits per heavy atom. The number of halogens is 1. The SMILES string of the molecule is COc1cc(CNc2ccc3[nH]c(=O)[nH]c3c2)cc(Cl)c1OCc1ccccc1C. The number of hydrogen-bond donors (Lipinski definition) is 3. The van der Waals surface area contributed by atoms with Crippen molar-refractivity contribution in [2.24, 2.45) is 0 Å². The van der Waals surface area contributed by atoms with Crippen molar-refractivity contribution in [3.8, 4) is 11.5 Å². The molecule has 1 heterocycles. The molecule has 0 bridgehead atoms. The molecule has 4 aromatic rings. The maximum absolute atomic E-state index is 11.4. The molecular formula is C23H22ClN3O3. The van der Waals surface area contributed by atoms with Gasteiger partial charge in [0.1, 0.15) is 6.61 Å². The normalized spacial score (nSPS) is 10.9. The molecule has 0 saturated carbocycles. The lowest BCUT2D eigenvalue weighted by Crippen LogP contribution is -2.03. The number of nitrogens with one attached hydrogen (secondary N) is 3. The summed E-state index contributed by atoms with van der Waals surface area (Å²) in [5, 5.41) is 3.83. The molecule has 0 unspecified atom stereocenters. The zero-order valence-corrected chi connectivity index (χ0v) is 17.5. The van der Waals surface area contributed by atoms with E-state index >= 15 is 0 Å². The number of anilines is 1. The van der Waals surface area contributed by atoms with Crippen molar-refractivity contribution in [3.05, 3.63) is 86.8 Å². The third-order valence-electron chi connectivity index (χ3n) is 4.94. The lowest BCUT2D eigenvalue weighted by Gasteiger charge is -2.15. The summed E-state index contributed by atoms with van der Waals surface area (Å²) in [6, 6.07) is 17.5. The Morgan fingerprint density at radius 2 is 1.83 bits per heavy atom. The van der Waals surface area contributed by atoms with E-state index in [1.165, 1.54) is 0 Å². The Hall–Kier alpha value is -3.38. The Morgan fingerprint density at radius 3 is 2.63 bits per heavy atom. The second kappa shape index (κ2) is 8.55. The molecule has 0 radical (unpaired) electrons. The third kappa shape index (κ3) is 4.28. The van der Waals surface area contributed by atoms with Gasteiger partial charge in [0.05, 0.1) is 23.2 Å². The maximum Gasteiger partial charge on any atom is 0.323 e. The number of aromatic nitrogens is 2. The summed E-state index contributed by atoms with van der Waals surface area (Å²) in [6.07, 6.45) is 0. The third-order valence-corrected chi connectivity index (χ3v) is 5.22. The molecule has 0 fully saturated rings. The van der Waals surface area contributed by atoms with Crippen molar-refractivity contribution < 1.29 is 9.47 Å². The van der Waals surface area contributed by atoms with E-state index in [2.05, 4.69) is 15.3 Å². The zero-order valence-electron chi connectivity index (χ0n) is 16.7. The van der Waals surface area contributed by atoms with E-state index in [0.29, 0.717) is 29.7 Å². The minimum atomic E-state index is -0.222. The van der Waals surface area contributed by atoms with Crippen molar-refractivity contribution in [1.82, 2.24) is 9.97 Å². The van der Waals surface area contributed by atoms with Crippen LogP contribution in [-0.4, -0.2) is 17.1 Å². The second-order valence-electron chi connectivity index (χ2n) is 7.02. The summed E-state index contributed by atoms with van der Waals surface area (Å²) in [7, 11) is 1.60. The lowest BCUT2D eigenvalue weighted by atomic mass is 10.1. The van der Waals surface area contributed by atoms with Crippen LogP contribution < -0.4 is 20.5 Å². The summed E-state index contributed by atoms with van der Waals surface area (Å²) in [5.41, 5.74) is 5.38. The highest BCUT2D eigenvalue weighted by Gasteiger charge is 2.13. The number of hydrogen-bond acceptors (Lipinski definition) is 4. The van der Waals surface area contributed by atoms with Crippen molar-refractivity contribution in [3.63, 3.8) is 0 Å². The second-order valence-corrected chi connectivity index (χ2v) is 7.42. The molecule has 3 aromatic carbocycles. The minimum absolute atomic E-state index is 0.222. The molecule has 0 amide bonds. The van der Waals surface area contributed by atoms with E-state index in [0.717, 1.165) is 33.4 Å². The number of benzene rings is 3. The number of fused-ring (bicyclic) bond motifs is 1. The molecular weight excluding hydrogens is 402 g/mol. The van der Waals surface area contributed by atoms with Gasteiger partial charge in [0.15, 0.2) is 11.5 Å². The van der Waals surface area contributed by atoms with Gasteiger partial charge in [0, 0.05) is 12.2 Å². The monoisotopic (exact) mass is 423 g/mol. The van der Waals surface area contributed by atoms with E-state index in [1.54, 1.807) is 7.11 Å². The van der Waals surface area contributed by atoms with E-state index in [1.807, 2.05) is 61.5 Å². The first kappa shape index (κ1) is 19.9. The predicted molar refractivity (Wildman–Crippen MR) is 120 cm³/mol. The van der Waals surface area contributed by atoms with Gasteiger partial charge >= 0.3 is 5.69 Å². The average Bonchev–Trinajstić information content (AvgIpc) is 3.11. The molecule has 30 heavy (non-hydrogen) atoms. The van der Waals surface area contributed by atoms with Crippen molar-refractivity contribution in [2.45, 2.75) is 20.1 Å². The Balaban J connectivity index is 1.49. The quantitative estimate of drug-likeness (QED) is 0.390. The Bertz CT molecular complexity index is 1250. The van der Waals surface area contributed by atoms with Gasteiger partial charge in [-0.15, -0.1) is 0 Å². The molecule has 3 N–H and O–H groups in total. The highest BCUT2D eigenvalue weighted by atomic mass is 35.5. The molecule has 0 aliphatic carbocycles. The molecule has 0 saturated heterocycles. The van der Waals surface area contributed by atoms with Crippen LogP contribution in [0.3, 0.4) is 0 Å². The first-order valence-electron chi connectivity index (χ1n) is 9.53. The summed E-state index contributed by atoms with van der Waals surface area (Å²) in [5.74, 6) is 1.11.